The molecule has 0 fully saturated rings. The number of aromatic amines is 1. The fraction of sp³-hybridized carbons (Fsp3) is 0.524. The predicted octanol–water partition coefficient (Wildman–Crippen LogP) is 2.60. The van der Waals surface area contributed by atoms with E-state index in [1.165, 1.54) is 29.7 Å². The zero-order chi connectivity index (χ0) is 18.6. The lowest BCUT2D eigenvalue weighted by molar-refractivity contribution is -0.121. The van der Waals surface area contributed by atoms with Gasteiger partial charge in [-0.2, -0.15) is 5.10 Å². The summed E-state index contributed by atoms with van der Waals surface area (Å²) >= 11 is 0. The zero-order valence-electron chi connectivity index (χ0n) is 15.8. The molecule has 0 spiro atoms. The molecule has 0 bridgehead atoms. The van der Waals surface area contributed by atoms with Crippen LogP contribution in [-0.2, 0) is 30.5 Å². The van der Waals surface area contributed by atoms with Gasteiger partial charge in [0.2, 0.25) is 5.91 Å². The Kier molecular flexibility index (Phi) is 5.32. The second-order valence-electron chi connectivity index (χ2n) is 7.49. The first-order valence-electron chi connectivity index (χ1n) is 9.84. The van der Waals surface area contributed by atoms with E-state index in [0.29, 0.717) is 31.9 Å². The Hall–Kier alpha value is -2.50. The lowest BCUT2D eigenvalue weighted by Gasteiger charge is -2.25. The van der Waals surface area contributed by atoms with Crippen LogP contribution in [0.4, 0.5) is 0 Å². The largest absolute Gasteiger partial charge is 0.497 e. The van der Waals surface area contributed by atoms with Gasteiger partial charge in [0.1, 0.15) is 11.5 Å². The standard InChI is InChI=1S/C21H27N3O3/c1-26-16-7-6-15-10-14(13-27-20(15)11-16)12-22-21(25)9-8-19-17-4-2-3-5-18(17)23-24-19/h6-7,11,14H,2-5,8-10,12-13H2,1H3,(H,22,25)(H,23,24)/t14-/m1/s1. The average Bonchev–Trinajstić information content (AvgIpc) is 3.13. The van der Waals surface area contributed by atoms with E-state index in [-0.39, 0.29) is 5.91 Å². The molecule has 0 radical (unpaired) electrons. The Labute approximate surface area is 159 Å². The van der Waals surface area contributed by atoms with Crippen LogP contribution < -0.4 is 14.8 Å². The number of amides is 1. The van der Waals surface area contributed by atoms with Crippen molar-refractivity contribution in [1.82, 2.24) is 15.5 Å². The number of hydrogen-bond donors (Lipinski definition) is 2. The molecule has 4 rings (SSSR count). The van der Waals surface area contributed by atoms with E-state index in [2.05, 4.69) is 15.5 Å². The van der Waals surface area contributed by atoms with Crippen molar-refractivity contribution < 1.29 is 14.3 Å². The molecule has 6 heteroatoms. The van der Waals surface area contributed by atoms with E-state index in [9.17, 15) is 4.79 Å². The monoisotopic (exact) mass is 369 g/mol. The summed E-state index contributed by atoms with van der Waals surface area (Å²) in [5.41, 5.74) is 4.86. The molecule has 2 heterocycles. The van der Waals surface area contributed by atoms with Gasteiger partial charge in [-0.15, -0.1) is 0 Å². The van der Waals surface area contributed by atoms with E-state index in [1.807, 2.05) is 18.2 Å². The number of hydrogen-bond acceptors (Lipinski definition) is 4. The maximum Gasteiger partial charge on any atom is 0.220 e. The van der Waals surface area contributed by atoms with Crippen LogP contribution in [0.1, 0.15) is 41.8 Å². The number of aromatic nitrogens is 2. The predicted molar refractivity (Wildman–Crippen MR) is 102 cm³/mol. The Morgan fingerprint density at radius 1 is 1.37 bits per heavy atom. The third-order valence-corrected chi connectivity index (χ3v) is 5.58. The molecule has 2 N–H and O–H groups in total. The SMILES string of the molecule is COc1ccc2c(c1)OC[C@@H](CNC(=O)CCc1n[nH]c3c1CCCC3)C2. The number of benzene rings is 1. The third kappa shape index (κ3) is 4.10. The van der Waals surface area contributed by atoms with Gasteiger partial charge in [0.15, 0.2) is 0 Å². The number of methoxy groups -OCH3 is 1. The molecule has 1 aliphatic heterocycles. The summed E-state index contributed by atoms with van der Waals surface area (Å²) in [5.74, 6) is 2.08. The van der Waals surface area contributed by atoms with Gasteiger partial charge in [-0.05, 0) is 49.3 Å². The molecule has 144 valence electrons. The first-order valence-corrected chi connectivity index (χ1v) is 9.84. The third-order valence-electron chi connectivity index (χ3n) is 5.58. The van der Waals surface area contributed by atoms with Crippen molar-refractivity contribution >= 4 is 5.91 Å². The highest BCUT2D eigenvalue weighted by Crippen LogP contribution is 2.30. The minimum Gasteiger partial charge on any atom is -0.497 e. The number of aryl methyl sites for hydroxylation is 2. The number of rotatable bonds is 6. The fourth-order valence-electron chi connectivity index (χ4n) is 4.01. The van der Waals surface area contributed by atoms with Crippen molar-refractivity contribution in [2.75, 3.05) is 20.3 Å². The van der Waals surface area contributed by atoms with Crippen LogP contribution >= 0.6 is 0 Å². The van der Waals surface area contributed by atoms with Crippen LogP contribution in [0.15, 0.2) is 18.2 Å². The smallest absolute Gasteiger partial charge is 0.220 e. The van der Waals surface area contributed by atoms with Crippen LogP contribution in [0.2, 0.25) is 0 Å². The normalized spacial score (nSPS) is 18.2. The molecule has 0 saturated carbocycles. The van der Waals surface area contributed by atoms with Gasteiger partial charge in [0.05, 0.1) is 19.4 Å². The Balaban J connectivity index is 1.24. The lowest BCUT2D eigenvalue weighted by atomic mass is 9.94. The first kappa shape index (κ1) is 17.9. The zero-order valence-corrected chi connectivity index (χ0v) is 15.8. The number of carbonyl (C=O) groups is 1. The van der Waals surface area contributed by atoms with Crippen molar-refractivity contribution in [1.29, 1.82) is 0 Å². The summed E-state index contributed by atoms with van der Waals surface area (Å²) in [6.07, 6.45) is 6.73. The van der Waals surface area contributed by atoms with Gasteiger partial charge in [-0.3, -0.25) is 9.89 Å². The maximum atomic E-state index is 12.3. The molecule has 1 aliphatic carbocycles. The van der Waals surface area contributed by atoms with E-state index < -0.39 is 0 Å². The quantitative estimate of drug-likeness (QED) is 0.821. The number of nitrogens with zero attached hydrogens (tertiary/aromatic N) is 1. The number of carbonyl (C=O) groups excluding carboxylic acids is 1. The van der Waals surface area contributed by atoms with Crippen molar-refractivity contribution in [3.05, 3.63) is 40.7 Å². The summed E-state index contributed by atoms with van der Waals surface area (Å²) in [6.45, 7) is 1.26. The molecule has 0 unspecified atom stereocenters. The minimum absolute atomic E-state index is 0.0862. The van der Waals surface area contributed by atoms with E-state index >= 15 is 0 Å². The molecule has 2 aromatic rings. The molecule has 6 nitrogen and oxygen atoms in total. The molecule has 27 heavy (non-hydrogen) atoms. The van der Waals surface area contributed by atoms with Gasteiger partial charge in [0.25, 0.3) is 0 Å². The first-order chi connectivity index (χ1) is 13.2. The number of ether oxygens (including phenoxy) is 2. The fourth-order valence-corrected chi connectivity index (χ4v) is 4.01. The second kappa shape index (κ2) is 8.03. The maximum absolute atomic E-state index is 12.3. The Bertz CT molecular complexity index is 815. The lowest BCUT2D eigenvalue weighted by Crippen LogP contribution is -2.34. The molecule has 0 saturated heterocycles. The average molecular weight is 369 g/mol. The van der Waals surface area contributed by atoms with E-state index in [4.69, 9.17) is 9.47 Å². The second-order valence-corrected chi connectivity index (χ2v) is 7.49. The van der Waals surface area contributed by atoms with Gasteiger partial charge < -0.3 is 14.8 Å². The van der Waals surface area contributed by atoms with Crippen LogP contribution in [0.25, 0.3) is 0 Å². The van der Waals surface area contributed by atoms with Gasteiger partial charge in [-0.25, -0.2) is 0 Å². The summed E-state index contributed by atoms with van der Waals surface area (Å²) < 4.78 is 11.1. The summed E-state index contributed by atoms with van der Waals surface area (Å²) in [6, 6.07) is 5.92. The number of H-pyrrole nitrogens is 1. The molecule has 1 aromatic carbocycles. The van der Waals surface area contributed by atoms with Crippen molar-refractivity contribution in [3.63, 3.8) is 0 Å². The molecule has 1 atom stereocenters. The molecule has 1 aromatic heterocycles. The Morgan fingerprint density at radius 3 is 3.15 bits per heavy atom. The molecule has 2 aliphatic rings. The summed E-state index contributed by atoms with van der Waals surface area (Å²) in [4.78, 5) is 12.3. The molecular formula is C21H27N3O3. The molecular weight excluding hydrogens is 342 g/mol. The van der Waals surface area contributed by atoms with Crippen molar-refractivity contribution in [3.8, 4) is 11.5 Å². The van der Waals surface area contributed by atoms with Crippen LogP contribution in [-0.4, -0.2) is 36.4 Å². The Morgan fingerprint density at radius 2 is 2.26 bits per heavy atom. The van der Waals surface area contributed by atoms with Crippen LogP contribution in [0.5, 0.6) is 11.5 Å². The van der Waals surface area contributed by atoms with E-state index in [1.54, 1.807) is 7.11 Å². The van der Waals surface area contributed by atoms with Crippen LogP contribution in [0.3, 0.4) is 0 Å². The van der Waals surface area contributed by atoms with Gasteiger partial charge >= 0.3 is 0 Å². The topological polar surface area (TPSA) is 76.2 Å². The highest BCUT2D eigenvalue weighted by molar-refractivity contribution is 5.76. The highest BCUT2D eigenvalue weighted by atomic mass is 16.5. The van der Waals surface area contributed by atoms with E-state index in [0.717, 1.165) is 36.5 Å². The van der Waals surface area contributed by atoms with Crippen LogP contribution in [0, 0.1) is 5.92 Å². The number of fused-ring (bicyclic) bond motifs is 2. The summed E-state index contributed by atoms with van der Waals surface area (Å²) in [7, 11) is 1.65. The number of nitrogens with one attached hydrogen (secondary N) is 2. The minimum atomic E-state index is 0.0862. The van der Waals surface area contributed by atoms with Crippen molar-refractivity contribution in [2.45, 2.75) is 44.9 Å². The summed E-state index contributed by atoms with van der Waals surface area (Å²) in [5, 5.41) is 10.6. The van der Waals surface area contributed by atoms with Gasteiger partial charge in [0, 0.05) is 37.1 Å². The van der Waals surface area contributed by atoms with Gasteiger partial charge in [-0.1, -0.05) is 6.07 Å². The highest BCUT2D eigenvalue weighted by Gasteiger charge is 2.21. The van der Waals surface area contributed by atoms with Crippen molar-refractivity contribution in [2.24, 2.45) is 5.92 Å². The molecule has 1 amide bonds.